The minimum atomic E-state index is 0.0909. The van der Waals surface area contributed by atoms with Crippen LogP contribution in [-0.4, -0.2) is 51.9 Å². The van der Waals surface area contributed by atoms with E-state index in [4.69, 9.17) is 0 Å². The summed E-state index contributed by atoms with van der Waals surface area (Å²) in [7, 11) is 0. The second kappa shape index (κ2) is 6.32. The van der Waals surface area contributed by atoms with Crippen molar-refractivity contribution in [2.45, 2.75) is 20.4 Å². The van der Waals surface area contributed by atoms with Crippen molar-refractivity contribution >= 4 is 11.6 Å². The molecule has 3 rings (SSSR count). The smallest absolute Gasteiger partial charge is 0.244 e. The summed E-state index contributed by atoms with van der Waals surface area (Å²) in [4.78, 5) is 16.4. The van der Waals surface area contributed by atoms with Crippen molar-refractivity contribution in [3.63, 3.8) is 0 Å². The number of amides is 1. The van der Waals surface area contributed by atoms with E-state index in [1.165, 1.54) is 0 Å². The molecule has 0 unspecified atom stereocenters. The third-order valence-corrected chi connectivity index (χ3v) is 4.24. The lowest BCUT2D eigenvalue weighted by Gasteiger charge is -2.36. The molecule has 6 nitrogen and oxygen atoms in total. The second-order valence-corrected chi connectivity index (χ2v) is 5.94. The number of benzene rings is 1. The van der Waals surface area contributed by atoms with Crippen LogP contribution in [0, 0.1) is 13.8 Å². The molecule has 1 N–H and O–H groups in total. The van der Waals surface area contributed by atoms with Gasteiger partial charge in [-0.05, 0) is 32.0 Å². The molecule has 122 valence electrons. The maximum absolute atomic E-state index is 12.4. The predicted molar refractivity (Wildman–Crippen MR) is 88.6 cm³/mol. The number of aryl methyl sites for hydroxylation is 2. The Morgan fingerprint density at radius 2 is 1.87 bits per heavy atom. The topological polar surface area (TPSA) is 61.6 Å². The maximum atomic E-state index is 12.4. The number of aromatic hydroxyl groups is 1. The van der Waals surface area contributed by atoms with E-state index in [9.17, 15) is 9.90 Å². The first kappa shape index (κ1) is 15.4. The van der Waals surface area contributed by atoms with Gasteiger partial charge in [0.25, 0.3) is 0 Å². The Bertz CT molecular complexity index is 702. The number of aromatic nitrogens is 2. The molecule has 0 aliphatic carbocycles. The molecule has 0 bridgehead atoms. The van der Waals surface area contributed by atoms with E-state index in [0.717, 1.165) is 30.2 Å². The van der Waals surface area contributed by atoms with Crippen LogP contribution in [0.15, 0.2) is 30.3 Å². The van der Waals surface area contributed by atoms with Crippen LogP contribution < -0.4 is 4.90 Å². The van der Waals surface area contributed by atoms with Crippen molar-refractivity contribution in [1.29, 1.82) is 0 Å². The van der Waals surface area contributed by atoms with E-state index in [1.807, 2.05) is 43.0 Å². The number of para-hydroxylation sites is 2. The summed E-state index contributed by atoms with van der Waals surface area (Å²) in [5.74, 6) is 0.378. The van der Waals surface area contributed by atoms with Crippen LogP contribution in [0.5, 0.6) is 5.75 Å². The van der Waals surface area contributed by atoms with Gasteiger partial charge in [-0.3, -0.25) is 9.48 Å². The van der Waals surface area contributed by atoms with E-state index >= 15 is 0 Å². The highest BCUT2D eigenvalue weighted by molar-refractivity contribution is 5.76. The minimum absolute atomic E-state index is 0.0909. The first-order valence-corrected chi connectivity index (χ1v) is 7.86. The van der Waals surface area contributed by atoms with Crippen molar-refractivity contribution in [3.8, 4) is 5.75 Å². The zero-order valence-electron chi connectivity index (χ0n) is 13.6. The molecule has 1 fully saturated rings. The largest absolute Gasteiger partial charge is 0.506 e. The Balaban J connectivity index is 1.59. The Hall–Kier alpha value is -2.50. The fraction of sp³-hybridized carbons (Fsp3) is 0.412. The average molecular weight is 314 g/mol. The zero-order valence-corrected chi connectivity index (χ0v) is 13.6. The molecular formula is C17H22N4O2. The number of carbonyl (C=O) groups excluding carboxylic acids is 1. The van der Waals surface area contributed by atoms with Gasteiger partial charge < -0.3 is 14.9 Å². The molecule has 1 aliphatic rings. The summed E-state index contributed by atoms with van der Waals surface area (Å²) < 4.78 is 1.76. The molecule has 1 amide bonds. The first-order chi connectivity index (χ1) is 11.0. The molecular weight excluding hydrogens is 292 g/mol. The number of hydrogen-bond acceptors (Lipinski definition) is 4. The molecule has 2 aromatic rings. The third kappa shape index (κ3) is 3.31. The van der Waals surface area contributed by atoms with Crippen LogP contribution in [0.4, 0.5) is 5.69 Å². The minimum Gasteiger partial charge on any atom is -0.506 e. The average Bonchev–Trinajstić information content (AvgIpc) is 2.85. The third-order valence-electron chi connectivity index (χ3n) is 4.24. The summed E-state index contributed by atoms with van der Waals surface area (Å²) >= 11 is 0. The Morgan fingerprint density at radius 3 is 2.48 bits per heavy atom. The summed E-state index contributed by atoms with van der Waals surface area (Å²) in [6.07, 6.45) is 0. The van der Waals surface area contributed by atoms with Gasteiger partial charge in [0.1, 0.15) is 12.3 Å². The SMILES string of the molecule is Cc1cc(C)n(CC(=O)N2CCN(c3ccccc3O)CC2)n1. The Morgan fingerprint density at radius 1 is 1.17 bits per heavy atom. The number of phenols is 1. The Kier molecular flexibility index (Phi) is 4.23. The highest BCUT2D eigenvalue weighted by Gasteiger charge is 2.23. The quantitative estimate of drug-likeness (QED) is 0.934. The normalized spacial score (nSPS) is 15.0. The van der Waals surface area contributed by atoms with E-state index in [-0.39, 0.29) is 18.2 Å². The van der Waals surface area contributed by atoms with Gasteiger partial charge in [0.15, 0.2) is 0 Å². The van der Waals surface area contributed by atoms with Crippen LogP contribution in [0.3, 0.4) is 0 Å². The molecule has 1 aromatic heterocycles. The number of anilines is 1. The van der Waals surface area contributed by atoms with E-state index in [0.29, 0.717) is 13.1 Å². The molecule has 1 aliphatic heterocycles. The van der Waals surface area contributed by atoms with Gasteiger partial charge in [-0.25, -0.2) is 0 Å². The van der Waals surface area contributed by atoms with Crippen molar-refractivity contribution in [2.24, 2.45) is 0 Å². The van der Waals surface area contributed by atoms with E-state index in [1.54, 1.807) is 10.7 Å². The van der Waals surface area contributed by atoms with Gasteiger partial charge >= 0.3 is 0 Å². The zero-order chi connectivity index (χ0) is 16.4. The van der Waals surface area contributed by atoms with Crippen LogP contribution in [0.2, 0.25) is 0 Å². The number of piperazine rings is 1. The van der Waals surface area contributed by atoms with Gasteiger partial charge in [0.05, 0.1) is 11.4 Å². The number of nitrogens with zero attached hydrogens (tertiary/aromatic N) is 4. The van der Waals surface area contributed by atoms with Crippen molar-refractivity contribution in [3.05, 3.63) is 41.7 Å². The molecule has 1 saturated heterocycles. The number of carbonyl (C=O) groups is 1. The van der Waals surface area contributed by atoms with Crippen LogP contribution in [0.1, 0.15) is 11.4 Å². The number of phenolic OH excluding ortho intramolecular Hbond substituents is 1. The summed E-state index contributed by atoms with van der Waals surface area (Å²) in [6.45, 7) is 6.94. The highest BCUT2D eigenvalue weighted by Crippen LogP contribution is 2.27. The van der Waals surface area contributed by atoms with E-state index < -0.39 is 0 Å². The van der Waals surface area contributed by atoms with Crippen LogP contribution >= 0.6 is 0 Å². The second-order valence-electron chi connectivity index (χ2n) is 5.94. The highest BCUT2D eigenvalue weighted by atomic mass is 16.3. The fourth-order valence-corrected chi connectivity index (χ4v) is 2.99. The summed E-state index contributed by atoms with van der Waals surface area (Å²) in [5.41, 5.74) is 2.77. The molecule has 0 radical (unpaired) electrons. The Labute approximate surface area is 135 Å². The van der Waals surface area contributed by atoms with Crippen LogP contribution in [0.25, 0.3) is 0 Å². The molecule has 1 aromatic carbocycles. The van der Waals surface area contributed by atoms with Gasteiger partial charge in [-0.2, -0.15) is 5.10 Å². The lowest BCUT2D eigenvalue weighted by atomic mass is 10.2. The monoisotopic (exact) mass is 314 g/mol. The first-order valence-electron chi connectivity index (χ1n) is 7.86. The number of rotatable bonds is 3. The van der Waals surface area contributed by atoms with Crippen molar-refractivity contribution < 1.29 is 9.90 Å². The summed E-state index contributed by atoms with van der Waals surface area (Å²) in [6, 6.07) is 9.30. The van der Waals surface area contributed by atoms with Gasteiger partial charge in [0, 0.05) is 31.9 Å². The van der Waals surface area contributed by atoms with Crippen molar-refractivity contribution in [1.82, 2.24) is 14.7 Å². The van der Waals surface area contributed by atoms with Crippen molar-refractivity contribution in [2.75, 3.05) is 31.1 Å². The molecule has 23 heavy (non-hydrogen) atoms. The standard InChI is InChI=1S/C17H22N4O2/c1-13-11-14(2)21(18-13)12-17(23)20-9-7-19(8-10-20)15-5-3-4-6-16(15)22/h3-6,11,22H,7-10,12H2,1-2H3. The van der Waals surface area contributed by atoms with Crippen LogP contribution in [-0.2, 0) is 11.3 Å². The molecule has 6 heteroatoms. The predicted octanol–water partition coefficient (Wildman–Crippen LogP) is 1.55. The lowest BCUT2D eigenvalue weighted by Crippen LogP contribution is -2.49. The fourth-order valence-electron chi connectivity index (χ4n) is 2.99. The van der Waals surface area contributed by atoms with Gasteiger partial charge in [0.2, 0.25) is 5.91 Å². The molecule has 0 atom stereocenters. The number of hydrogen-bond donors (Lipinski definition) is 1. The lowest BCUT2D eigenvalue weighted by molar-refractivity contribution is -0.132. The molecule has 0 spiro atoms. The molecule has 0 saturated carbocycles. The van der Waals surface area contributed by atoms with Gasteiger partial charge in [-0.15, -0.1) is 0 Å². The van der Waals surface area contributed by atoms with Gasteiger partial charge in [-0.1, -0.05) is 12.1 Å². The maximum Gasteiger partial charge on any atom is 0.244 e. The molecule has 2 heterocycles. The summed E-state index contributed by atoms with van der Waals surface area (Å²) in [5, 5.41) is 14.3. The van der Waals surface area contributed by atoms with E-state index in [2.05, 4.69) is 10.00 Å².